The molecule has 0 saturated heterocycles. The van der Waals surface area contributed by atoms with Gasteiger partial charge in [0.15, 0.2) is 0 Å². The molecule has 0 aliphatic heterocycles. The van der Waals surface area contributed by atoms with Gasteiger partial charge in [-0.1, -0.05) is 38.2 Å². The molecule has 2 nitrogen and oxygen atoms in total. The number of rotatable bonds is 4. The Morgan fingerprint density at radius 1 is 1.24 bits per heavy atom. The summed E-state index contributed by atoms with van der Waals surface area (Å²) in [7, 11) is 0. The van der Waals surface area contributed by atoms with E-state index in [1.807, 2.05) is 25.1 Å². The number of halogens is 1. The van der Waals surface area contributed by atoms with Crippen LogP contribution in [0.4, 0.5) is 4.39 Å². The summed E-state index contributed by atoms with van der Waals surface area (Å²) in [6.45, 7) is 6.31. The van der Waals surface area contributed by atoms with Gasteiger partial charge in [0.2, 0.25) is 0 Å². The Balaban J connectivity index is 2.37. The number of ether oxygens (including phenoxy) is 1. The molecule has 0 aliphatic carbocycles. The highest BCUT2D eigenvalue weighted by Gasteiger charge is 2.13. The van der Waals surface area contributed by atoms with E-state index < -0.39 is 5.82 Å². The highest BCUT2D eigenvalue weighted by Crippen LogP contribution is 2.30. The van der Waals surface area contributed by atoms with Crippen molar-refractivity contribution in [1.29, 1.82) is 0 Å². The van der Waals surface area contributed by atoms with Crippen LogP contribution < -0.4 is 10.5 Å². The summed E-state index contributed by atoms with van der Waals surface area (Å²) in [5.74, 6) is 0.940. The van der Waals surface area contributed by atoms with Crippen LogP contribution in [-0.2, 0) is 0 Å². The molecule has 0 spiro atoms. The molecule has 0 atom stereocenters. The van der Waals surface area contributed by atoms with Gasteiger partial charge in [0.25, 0.3) is 0 Å². The number of aryl methyl sites for hydroxylation is 1. The van der Waals surface area contributed by atoms with Crippen LogP contribution in [0.5, 0.6) is 11.5 Å². The van der Waals surface area contributed by atoms with Gasteiger partial charge in [0, 0.05) is 0 Å². The summed E-state index contributed by atoms with van der Waals surface area (Å²) in [6, 6.07) is 10.4. The van der Waals surface area contributed by atoms with Crippen LogP contribution in [0.25, 0.3) is 0 Å². The summed E-state index contributed by atoms with van der Waals surface area (Å²) in [6.07, 6.45) is 0. The van der Waals surface area contributed by atoms with Crippen molar-refractivity contribution in [2.75, 3.05) is 0 Å². The molecule has 4 heteroatoms. The zero-order chi connectivity index (χ0) is 15.6. The second-order valence-electron chi connectivity index (χ2n) is 5.25. The monoisotopic (exact) mass is 303 g/mol. The van der Waals surface area contributed by atoms with Crippen LogP contribution in [0, 0.1) is 12.7 Å². The van der Waals surface area contributed by atoms with Gasteiger partial charge in [-0.15, -0.1) is 0 Å². The summed E-state index contributed by atoms with van der Waals surface area (Å²) in [5.41, 5.74) is 8.11. The molecule has 0 heterocycles. The molecule has 2 aromatic rings. The molecule has 110 valence electrons. The molecule has 0 bridgehead atoms. The molecule has 0 aliphatic rings. The fourth-order valence-corrected chi connectivity index (χ4v) is 2.51. The van der Waals surface area contributed by atoms with E-state index in [-0.39, 0.29) is 10.6 Å². The van der Waals surface area contributed by atoms with Gasteiger partial charge in [-0.25, -0.2) is 4.39 Å². The van der Waals surface area contributed by atoms with E-state index in [0.29, 0.717) is 17.4 Å². The highest BCUT2D eigenvalue weighted by molar-refractivity contribution is 7.80. The van der Waals surface area contributed by atoms with E-state index in [1.54, 1.807) is 12.1 Å². The Hall–Kier alpha value is -1.94. The van der Waals surface area contributed by atoms with Crippen LogP contribution in [0.1, 0.15) is 36.5 Å². The largest absolute Gasteiger partial charge is 0.457 e. The first kappa shape index (κ1) is 15.4. The molecule has 2 N–H and O–H groups in total. The Labute approximate surface area is 129 Å². The Bertz CT molecular complexity index is 682. The van der Waals surface area contributed by atoms with Crippen molar-refractivity contribution in [3.8, 4) is 11.5 Å². The Morgan fingerprint density at radius 2 is 1.95 bits per heavy atom. The van der Waals surface area contributed by atoms with Crippen molar-refractivity contribution in [1.82, 2.24) is 0 Å². The summed E-state index contributed by atoms with van der Waals surface area (Å²) >= 11 is 4.89. The van der Waals surface area contributed by atoms with E-state index in [4.69, 9.17) is 22.7 Å². The van der Waals surface area contributed by atoms with Crippen LogP contribution in [0.15, 0.2) is 36.4 Å². The zero-order valence-corrected chi connectivity index (χ0v) is 13.1. The van der Waals surface area contributed by atoms with Gasteiger partial charge in [0.1, 0.15) is 22.3 Å². The fraction of sp³-hybridized carbons (Fsp3) is 0.235. The van der Waals surface area contributed by atoms with Crippen LogP contribution >= 0.6 is 12.2 Å². The molecular weight excluding hydrogens is 285 g/mol. The molecule has 0 amide bonds. The molecule has 0 unspecified atom stereocenters. The third-order valence-corrected chi connectivity index (χ3v) is 3.52. The SMILES string of the molecule is Cc1cc(Oc2cccc(F)c2C(N)=S)ccc1C(C)C. The van der Waals surface area contributed by atoms with Crippen molar-refractivity contribution in [3.05, 3.63) is 58.9 Å². The minimum Gasteiger partial charge on any atom is -0.457 e. The second kappa shape index (κ2) is 6.22. The number of nitrogens with two attached hydrogens (primary N) is 1. The fourth-order valence-electron chi connectivity index (χ4n) is 2.31. The zero-order valence-electron chi connectivity index (χ0n) is 12.3. The summed E-state index contributed by atoms with van der Waals surface area (Å²) in [5, 5.41) is 0. The van der Waals surface area contributed by atoms with Gasteiger partial charge >= 0.3 is 0 Å². The molecule has 0 radical (unpaired) electrons. The molecule has 0 aromatic heterocycles. The van der Waals surface area contributed by atoms with Crippen LogP contribution in [-0.4, -0.2) is 4.99 Å². The first-order chi connectivity index (χ1) is 9.90. The predicted molar refractivity (Wildman–Crippen MR) is 87.6 cm³/mol. The highest BCUT2D eigenvalue weighted by atomic mass is 32.1. The van der Waals surface area contributed by atoms with Gasteiger partial charge in [-0.3, -0.25) is 0 Å². The van der Waals surface area contributed by atoms with E-state index in [1.165, 1.54) is 11.6 Å². The second-order valence-corrected chi connectivity index (χ2v) is 5.69. The van der Waals surface area contributed by atoms with E-state index in [2.05, 4.69) is 13.8 Å². The van der Waals surface area contributed by atoms with Crippen LogP contribution in [0.2, 0.25) is 0 Å². The standard InChI is InChI=1S/C17H18FNOS/c1-10(2)13-8-7-12(9-11(13)3)20-15-6-4-5-14(18)16(15)17(19)21/h4-10H,1-3H3,(H2,19,21). The van der Waals surface area contributed by atoms with Crippen molar-refractivity contribution >= 4 is 17.2 Å². The molecular formula is C17H18FNOS. The van der Waals surface area contributed by atoms with Crippen molar-refractivity contribution in [3.63, 3.8) is 0 Å². The summed E-state index contributed by atoms with van der Waals surface area (Å²) in [4.78, 5) is -0.0152. The van der Waals surface area contributed by atoms with Gasteiger partial charge in [0.05, 0.1) is 5.56 Å². The van der Waals surface area contributed by atoms with Gasteiger partial charge in [-0.2, -0.15) is 0 Å². The van der Waals surface area contributed by atoms with Crippen molar-refractivity contribution in [2.24, 2.45) is 5.73 Å². The van der Waals surface area contributed by atoms with Gasteiger partial charge in [-0.05, 0) is 48.2 Å². The van der Waals surface area contributed by atoms with Gasteiger partial charge < -0.3 is 10.5 Å². The number of thiocarbonyl (C=S) groups is 1. The van der Waals surface area contributed by atoms with E-state index >= 15 is 0 Å². The molecule has 2 aromatic carbocycles. The minimum absolute atomic E-state index is 0.0152. The molecule has 0 fully saturated rings. The lowest BCUT2D eigenvalue weighted by atomic mass is 9.98. The maximum Gasteiger partial charge on any atom is 0.140 e. The lowest BCUT2D eigenvalue weighted by molar-refractivity contribution is 0.474. The van der Waals surface area contributed by atoms with Crippen molar-refractivity contribution in [2.45, 2.75) is 26.7 Å². The Morgan fingerprint density at radius 3 is 2.52 bits per heavy atom. The maximum absolute atomic E-state index is 13.8. The lowest BCUT2D eigenvalue weighted by Crippen LogP contribution is -2.13. The quantitative estimate of drug-likeness (QED) is 0.833. The number of hydrogen-bond acceptors (Lipinski definition) is 2. The number of benzene rings is 2. The minimum atomic E-state index is -0.476. The third-order valence-electron chi connectivity index (χ3n) is 3.31. The number of hydrogen-bond donors (Lipinski definition) is 1. The van der Waals surface area contributed by atoms with E-state index in [0.717, 1.165) is 5.56 Å². The third kappa shape index (κ3) is 3.39. The topological polar surface area (TPSA) is 35.2 Å². The summed E-state index contributed by atoms with van der Waals surface area (Å²) < 4.78 is 19.6. The smallest absolute Gasteiger partial charge is 0.140 e. The average Bonchev–Trinajstić information content (AvgIpc) is 2.37. The molecule has 0 saturated carbocycles. The maximum atomic E-state index is 13.8. The first-order valence-corrected chi connectivity index (χ1v) is 7.17. The first-order valence-electron chi connectivity index (χ1n) is 6.77. The van der Waals surface area contributed by atoms with E-state index in [9.17, 15) is 4.39 Å². The van der Waals surface area contributed by atoms with Crippen molar-refractivity contribution < 1.29 is 9.13 Å². The Kier molecular flexibility index (Phi) is 4.58. The molecule has 2 rings (SSSR count). The average molecular weight is 303 g/mol. The normalized spacial score (nSPS) is 10.7. The lowest BCUT2D eigenvalue weighted by Gasteiger charge is -2.14. The van der Waals surface area contributed by atoms with Crippen LogP contribution in [0.3, 0.4) is 0 Å². The molecule has 21 heavy (non-hydrogen) atoms. The predicted octanol–water partition coefficient (Wildman–Crippen LogP) is 4.68.